The van der Waals surface area contributed by atoms with Crippen LogP contribution in [0, 0.1) is 0 Å². The third-order valence-corrected chi connectivity index (χ3v) is 4.05. The number of hydrogen-bond acceptors (Lipinski definition) is 3. The first kappa shape index (κ1) is 16.8. The topological polar surface area (TPSA) is 46.6 Å². The molecule has 0 aliphatic carbocycles. The van der Waals surface area contributed by atoms with Gasteiger partial charge in [0.05, 0.1) is 6.61 Å². The predicted octanol–water partition coefficient (Wildman–Crippen LogP) is 3.34. The zero-order valence-corrected chi connectivity index (χ0v) is 13.5. The van der Waals surface area contributed by atoms with Crippen LogP contribution >= 0.6 is 11.6 Å². The summed E-state index contributed by atoms with van der Waals surface area (Å²) in [4.78, 5) is 23.8. The fourth-order valence-corrected chi connectivity index (χ4v) is 2.84. The number of benzene rings is 1. The van der Waals surface area contributed by atoms with Gasteiger partial charge in [-0.05, 0) is 55.9 Å². The number of halogens is 1. The van der Waals surface area contributed by atoms with Crippen molar-refractivity contribution in [3.05, 3.63) is 23.8 Å². The highest BCUT2D eigenvalue weighted by Crippen LogP contribution is 2.30. The molecule has 1 aromatic rings. The predicted molar refractivity (Wildman–Crippen MR) is 87.9 cm³/mol. The average molecular weight is 324 g/mol. The van der Waals surface area contributed by atoms with Gasteiger partial charge < -0.3 is 14.4 Å². The summed E-state index contributed by atoms with van der Waals surface area (Å²) in [6.45, 7) is 1.39. The molecule has 5 heteroatoms. The first-order valence-corrected chi connectivity index (χ1v) is 8.35. The monoisotopic (exact) mass is 323 g/mol. The largest absolute Gasteiger partial charge is 0.494 e. The van der Waals surface area contributed by atoms with Crippen LogP contribution in [0.5, 0.6) is 5.75 Å². The molecule has 1 aliphatic rings. The third kappa shape index (κ3) is 4.47. The molecule has 2 rings (SSSR count). The molecule has 1 aliphatic heterocycles. The molecule has 0 fully saturated rings. The smallest absolute Gasteiger partial charge is 0.241 e. The number of amides is 1. The van der Waals surface area contributed by atoms with Crippen molar-refractivity contribution >= 4 is 29.5 Å². The zero-order valence-electron chi connectivity index (χ0n) is 12.7. The Balaban J connectivity index is 1.91. The van der Waals surface area contributed by atoms with Crippen molar-refractivity contribution in [3.8, 4) is 5.75 Å². The van der Waals surface area contributed by atoms with Crippen molar-refractivity contribution in [3.63, 3.8) is 0 Å². The molecule has 0 spiro atoms. The molecule has 0 radical (unpaired) electrons. The molecule has 22 heavy (non-hydrogen) atoms. The van der Waals surface area contributed by atoms with Crippen LogP contribution in [0.15, 0.2) is 18.2 Å². The van der Waals surface area contributed by atoms with E-state index >= 15 is 0 Å². The molecule has 0 bridgehead atoms. The van der Waals surface area contributed by atoms with Crippen LogP contribution in [0.25, 0.3) is 0 Å². The standard InChI is InChI=1S/C17H22ClNO3/c18-13-17(21)19-9-5-6-14-12-15(7-8-16(14)19)22-11-4-2-1-3-10-20/h7-8,10,12H,1-6,9,11,13H2. The highest BCUT2D eigenvalue weighted by molar-refractivity contribution is 6.29. The van der Waals surface area contributed by atoms with Crippen LogP contribution in [-0.4, -0.2) is 31.2 Å². The van der Waals surface area contributed by atoms with Crippen molar-refractivity contribution in [2.45, 2.75) is 38.5 Å². The lowest BCUT2D eigenvalue weighted by Gasteiger charge is -2.29. The minimum Gasteiger partial charge on any atom is -0.494 e. The number of alkyl halides is 1. The van der Waals surface area contributed by atoms with Crippen molar-refractivity contribution in [2.75, 3.05) is 23.9 Å². The Morgan fingerprint density at radius 1 is 1.32 bits per heavy atom. The minimum absolute atomic E-state index is 0.0124. The number of hydrogen-bond donors (Lipinski definition) is 0. The van der Waals surface area contributed by atoms with E-state index in [4.69, 9.17) is 16.3 Å². The summed E-state index contributed by atoms with van der Waals surface area (Å²) in [5.74, 6) is 0.805. The van der Waals surface area contributed by atoms with E-state index in [0.29, 0.717) is 13.0 Å². The Hall–Kier alpha value is -1.55. The molecule has 0 aromatic heterocycles. The fraction of sp³-hybridized carbons (Fsp3) is 0.529. The summed E-state index contributed by atoms with van der Waals surface area (Å²) in [6.07, 6.45) is 6.36. The lowest BCUT2D eigenvalue weighted by atomic mass is 10.0. The molecule has 0 atom stereocenters. The number of carbonyl (C=O) groups is 2. The fourth-order valence-electron chi connectivity index (χ4n) is 2.69. The number of carbonyl (C=O) groups excluding carboxylic acids is 2. The van der Waals surface area contributed by atoms with Crippen molar-refractivity contribution in [1.82, 2.24) is 0 Å². The lowest BCUT2D eigenvalue weighted by molar-refractivity contribution is -0.116. The SMILES string of the molecule is O=CCCCCCOc1ccc2c(c1)CCCN2C(=O)CCl. The molecule has 0 saturated carbocycles. The summed E-state index contributed by atoms with van der Waals surface area (Å²) in [5.41, 5.74) is 2.10. The molecule has 1 aromatic carbocycles. The van der Waals surface area contributed by atoms with Gasteiger partial charge in [0.25, 0.3) is 0 Å². The molecule has 120 valence electrons. The molecule has 1 heterocycles. The Bertz CT molecular complexity index is 519. The normalized spacial score (nSPS) is 13.6. The number of nitrogens with zero attached hydrogens (tertiary/aromatic N) is 1. The molecule has 0 unspecified atom stereocenters. The highest BCUT2D eigenvalue weighted by atomic mass is 35.5. The van der Waals surface area contributed by atoms with Gasteiger partial charge in [-0.25, -0.2) is 0 Å². The average Bonchev–Trinajstić information content (AvgIpc) is 2.56. The number of unbranched alkanes of at least 4 members (excludes halogenated alkanes) is 3. The van der Waals surface area contributed by atoms with Crippen molar-refractivity contribution in [2.24, 2.45) is 0 Å². The van der Waals surface area contributed by atoms with Gasteiger partial charge in [0.1, 0.15) is 17.9 Å². The summed E-state index contributed by atoms with van der Waals surface area (Å²) in [6, 6.07) is 5.87. The van der Waals surface area contributed by atoms with Gasteiger partial charge in [-0.2, -0.15) is 0 Å². The van der Waals surface area contributed by atoms with Crippen LogP contribution in [-0.2, 0) is 16.0 Å². The van der Waals surface area contributed by atoms with Crippen molar-refractivity contribution in [1.29, 1.82) is 0 Å². The molecule has 0 saturated heterocycles. The zero-order chi connectivity index (χ0) is 15.8. The summed E-state index contributed by atoms with van der Waals surface area (Å²) < 4.78 is 5.76. The van der Waals surface area contributed by atoms with E-state index in [9.17, 15) is 9.59 Å². The van der Waals surface area contributed by atoms with Crippen LogP contribution < -0.4 is 9.64 Å². The van der Waals surface area contributed by atoms with Crippen LogP contribution in [0.1, 0.15) is 37.7 Å². The van der Waals surface area contributed by atoms with E-state index in [2.05, 4.69) is 0 Å². The van der Waals surface area contributed by atoms with E-state index in [0.717, 1.165) is 61.9 Å². The van der Waals surface area contributed by atoms with Crippen molar-refractivity contribution < 1.29 is 14.3 Å². The van der Waals surface area contributed by atoms with Crippen LogP contribution in [0.3, 0.4) is 0 Å². The van der Waals surface area contributed by atoms with E-state index in [-0.39, 0.29) is 11.8 Å². The second-order valence-corrected chi connectivity index (χ2v) is 5.70. The first-order valence-electron chi connectivity index (χ1n) is 7.82. The van der Waals surface area contributed by atoms with Gasteiger partial charge >= 0.3 is 0 Å². The van der Waals surface area contributed by atoms with Gasteiger partial charge in [0.2, 0.25) is 5.91 Å². The van der Waals surface area contributed by atoms with E-state index in [1.54, 1.807) is 4.90 Å². The van der Waals surface area contributed by atoms with Gasteiger partial charge in [0, 0.05) is 18.7 Å². The summed E-state index contributed by atoms with van der Waals surface area (Å²) >= 11 is 5.67. The Kier molecular flexibility index (Phi) is 6.72. The first-order chi connectivity index (χ1) is 10.8. The number of anilines is 1. The number of fused-ring (bicyclic) bond motifs is 1. The Labute approximate surface area is 136 Å². The van der Waals surface area contributed by atoms with E-state index in [1.165, 1.54) is 0 Å². The Morgan fingerprint density at radius 3 is 2.95 bits per heavy atom. The minimum atomic E-state index is -0.0496. The van der Waals surface area contributed by atoms with Gasteiger partial charge in [-0.1, -0.05) is 0 Å². The third-order valence-electron chi connectivity index (χ3n) is 3.82. The van der Waals surface area contributed by atoms with E-state index < -0.39 is 0 Å². The number of aldehydes is 1. The molecule has 4 nitrogen and oxygen atoms in total. The second kappa shape index (κ2) is 8.79. The molecular formula is C17H22ClNO3. The van der Waals surface area contributed by atoms with E-state index in [1.807, 2.05) is 18.2 Å². The van der Waals surface area contributed by atoms with Gasteiger partial charge in [0.15, 0.2) is 0 Å². The van der Waals surface area contributed by atoms with Crippen LogP contribution in [0.2, 0.25) is 0 Å². The van der Waals surface area contributed by atoms with Gasteiger partial charge in [-0.15, -0.1) is 11.6 Å². The Morgan fingerprint density at radius 2 is 2.18 bits per heavy atom. The lowest BCUT2D eigenvalue weighted by Crippen LogP contribution is -2.36. The molecule has 0 N–H and O–H groups in total. The number of ether oxygens (including phenoxy) is 1. The van der Waals surface area contributed by atoms with Crippen LogP contribution in [0.4, 0.5) is 5.69 Å². The molecular weight excluding hydrogens is 302 g/mol. The summed E-state index contributed by atoms with van der Waals surface area (Å²) in [7, 11) is 0. The second-order valence-electron chi connectivity index (χ2n) is 5.44. The quantitative estimate of drug-likeness (QED) is 0.419. The maximum Gasteiger partial charge on any atom is 0.241 e. The summed E-state index contributed by atoms with van der Waals surface area (Å²) in [5, 5.41) is 0. The maximum absolute atomic E-state index is 11.8. The number of rotatable bonds is 8. The van der Waals surface area contributed by atoms with Gasteiger partial charge in [-0.3, -0.25) is 4.79 Å². The molecule has 1 amide bonds. The maximum atomic E-state index is 11.8. The highest BCUT2D eigenvalue weighted by Gasteiger charge is 2.22. The number of aryl methyl sites for hydroxylation is 1.